The number of hydrogen-bond donors (Lipinski definition) is 2. The van der Waals surface area contributed by atoms with Gasteiger partial charge in [0.05, 0.1) is 19.8 Å². The summed E-state index contributed by atoms with van der Waals surface area (Å²) in [6.07, 6.45) is 0.402. The predicted molar refractivity (Wildman–Crippen MR) is 143 cm³/mol. The molecule has 1 atom stereocenters. The maximum atomic E-state index is 13.3. The van der Waals surface area contributed by atoms with Crippen molar-refractivity contribution in [2.75, 3.05) is 32.8 Å². The highest BCUT2D eigenvalue weighted by Crippen LogP contribution is 2.29. The number of benzene rings is 2. The summed E-state index contributed by atoms with van der Waals surface area (Å²) in [5.41, 5.74) is 1.65. The molecule has 2 heterocycles. The molecular formula is C29H34N4O5. The van der Waals surface area contributed by atoms with Crippen LogP contribution in [0.25, 0.3) is 22.7 Å². The van der Waals surface area contributed by atoms with Crippen molar-refractivity contribution in [2.45, 2.75) is 33.2 Å². The fourth-order valence-corrected chi connectivity index (χ4v) is 4.20. The van der Waals surface area contributed by atoms with Gasteiger partial charge < -0.3 is 24.7 Å². The molecule has 1 saturated heterocycles. The number of rotatable bonds is 8. The lowest BCUT2D eigenvalue weighted by atomic mass is 9.87. The van der Waals surface area contributed by atoms with Gasteiger partial charge in [-0.15, -0.1) is 0 Å². The van der Waals surface area contributed by atoms with Crippen molar-refractivity contribution >= 4 is 17.7 Å². The van der Waals surface area contributed by atoms with E-state index in [4.69, 9.17) is 9.15 Å². The monoisotopic (exact) mass is 518 g/mol. The lowest BCUT2D eigenvalue weighted by Gasteiger charge is -2.31. The first-order chi connectivity index (χ1) is 18.2. The molecule has 200 valence electrons. The zero-order valence-corrected chi connectivity index (χ0v) is 22.0. The van der Waals surface area contributed by atoms with Crippen LogP contribution in [-0.4, -0.2) is 66.5 Å². The molecule has 0 aliphatic carbocycles. The lowest BCUT2D eigenvalue weighted by molar-refractivity contribution is -0.123. The van der Waals surface area contributed by atoms with E-state index in [1.807, 2.05) is 81.4 Å². The van der Waals surface area contributed by atoms with E-state index in [0.717, 1.165) is 11.1 Å². The molecule has 38 heavy (non-hydrogen) atoms. The Bertz CT molecular complexity index is 1240. The second-order valence-electron chi connectivity index (χ2n) is 10.4. The molecule has 0 spiro atoms. The van der Waals surface area contributed by atoms with Gasteiger partial charge in [-0.2, -0.15) is 0 Å². The fraction of sp³-hybridized carbons (Fsp3) is 0.379. The summed E-state index contributed by atoms with van der Waals surface area (Å²) in [6.45, 7) is 7.53. The summed E-state index contributed by atoms with van der Waals surface area (Å²) in [4.78, 5) is 45.5. The van der Waals surface area contributed by atoms with Crippen LogP contribution in [0.2, 0.25) is 0 Å². The molecule has 9 nitrogen and oxygen atoms in total. The van der Waals surface area contributed by atoms with E-state index in [1.165, 1.54) is 0 Å². The number of carbonyl (C=O) groups is 3. The van der Waals surface area contributed by atoms with E-state index in [2.05, 4.69) is 15.6 Å². The van der Waals surface area contributed by atoms with E-state index in [9.17, 15) is 14.4 Å². The Labute approximate surface area is 222 Å². The van der Waals surface area contributed by atoms with Crippen molar-refractivity contribution in [1.29, 1.82) is 0 Å². The number of aromatic nitrogens is 1. The summed E-state index contributed by atoms with van der Waals surface area (Å²) in [5.74, 6) is -0.456. The first-order valence-electron chi connectivity index (χ1n) is 12.8. The number of ketones is 1. The van der Waals surface area contributed by atoms with Gasteiger partial charge in [0.15, 0.2) is 0 Å². The maximum absolute atomic E-state index is 13.3. The zero-order valence-electron chi connectivity index (χ0n) is 22.0. The number of nitrogens with zero attached hydrogens (tertiary/aromatic N) is 2. The minimum atomic E-state index is -0.804. The van der Waals surface area contributed by atoms with E-state index in [0.29, 0.717) is 44.3 Å². The average molecular weight is 519 g/mol. The van der Waals surface area contributed by atoms with Crippen LogP contribution < -0.4 is 10.6 Å². The van der Waals surface area contributed by atoms with Gasteiger partial charge in [-0.1, -0.05) is 69.3 Å². The zero-order chi connectivity index (χ0) is 27.1. The Balaban J connectivity index is 1.50. The first kappa shape index (κ1) is 27.1. The third-order valence-corrected chi connectivity index (χ3v) is 6.10. The van der Waals surface area contributed by atoms with Crippen LogP contribution >= 0.6 is 0 Å². The molecule has 1 aliphatic heterocycles. The lowest BCUT2D eigenvalue weighted by Crippen LogP contribution is -2.54. The molecule has 0 bridgehead atoms. The van der Waals surface area contributed by atoms with Crippen LogP contribution in [0.5, 0.6) is 0 Å². The minimum absolute atomic E-state index is 0.0695. The summed E-state index contributed by atoms with van der Waals surface area (Å²) in [7, 11) is 0. The van der Waals surface area contributed by atoms with Gasteiger partial charge in [-0.05, 0) is 24.0 Å². The van der Waals surface area contributed by atoms with Crippen LogP contribution in [0.3, 0.4) is 0 Å². The van der Waals surface area contributed by atoms with Crippen molar-refractivity contribution in [1.82, 2.24) is 20.5 Å². The average Bonchev–Trinajstić information content (AvgIpc) is 3.38. The number of ether oxygens (including phenoxy) is 1. The Morgan fingerprint density at radius 2 is 1.55 bits per heavy atom. The van der Waals surface area contributed by atoms with E-state index < -0.39 is 17.7 Å². The minimum Gasteiger partial charge on any atom is -0.432 e. The Morgan fingerprint density at radius 1 is 0.947 bits per heavy atom. The number of nitrogens with one attached hydrogen (secondary N) is 2. The molecule has 2 N–H and O–H groups in total. The summed E-state index contributed by atoms with van der Waals surface area (Å²) < 4.78 is 11.2. The van der Waals surface area contributed by atoms with Crippen molar-refractivity contribution < 1.29 is 23.5 Å². The van der Waals surface area contributed by atoms with Crippen molar-refractivity contribution in [3.05, 3.63) is 66.4 Å². The second kappa shape index (κ2) is 12.0. The van der Waals surface area contributed by atoms with Crippen LogP contribution in [0.1, 0.15) is 37.7 Å². The molecular weight excluding hydrogens is 484 g/mol. The number of urea groups is 1. The molecule has 3 aromatic rings. The molecule has 0 saturated carbocycles. The van der Waals surface area contributed by atoms with Gasteiger partial charge in [0.2, 0.25) is 23.3 Å². The number of amides is 3. The highest BCUT2D eigenvalue weighted by atomic mass is 16.5. The molecule has 4 rings (SSSR count). The molecule has 0 radical (unpaired) electrons. The summed E-state index contributed by atoms with van der Waals surface area (Å²) in [5, 5.41) is 5.55. The SMILES string of the molecule is CC(C)(C)C[C@H](NC(=O)N1CCOCC1)C(=O)NCC(=O)c1oc(-c2ccccc2)nc1-c1ccccc1. The Morgan fingerprint density at radius 3 is 2.16 bits per heavy atom. The highest BCUT2D eigenvalue weighted by molar-refractivity contribution is 6.02. The summed E-state index contributed by atoms with van der Waals surface area (Å²) >= 11 is 0. The number of morpholine rings is 1. The van der Waals surface area contributed by atoms with Gasteiger partial charge in [-0.3, -0.25) is 9.59 Å². The van der Waals surface area contributed by atoms with E-state index in [-0.39, 0.29) is 23.8 Å². The van der Waals surface area contributed by atoms with E-state index >= 15 is 0 Å². The third-order valence-electron chi connectivity index (χ3n) is 6.10. The first-order valence-corrected chi connectivity index (χ1v) is 12.8. The van der Waals surface area contributed by atoms with Gasteiger partial charge in [-0.25, -0.2) is 9.78 Å². The second-order valence-corrected chi connectivity index (χ2v) is 10.4. The van der Waals surface area contributed by atoms with Crippen LogP contribution in [0.4, 0.5) is 4.79 Å². The Kier molecular flexibility index (Phi) is 8.58. The molecule has 9 heteroatoms. The molecule has 2 aromatic carbocycles. The molecule has 1 fully saturated rings. The molecule has 1 aromatic heterocycles. The van der Waals surface area contributed by atoms with Crippen LogP contribution in [-0.2, 0) is 9.53 Å². The third kappa shape index (κ3) is 7.07. The van der Waals surface area contributed by atoms with Crippen molar-refractivity contribution in [3.63, 3.8) is 0 Å². The molecule has 1 aliphatic rings. The standard InChI is InChI=1S/C29H34N4O5/c1-29(2,3)18-22(31-28(36)33-14-16-37-17-15-33)26(35)30-19-23(34)25-24(20-10-6-4-7-11-20)32-27(38-25)21-12-8-5-9-13-21/h4-13,22H,14-19H2,1-3H3,(H,30,35)(H,31,36)/t22-/m0/s1. The summed E-state index contributed by atoms with van der Waals surface area (Å²) in [6, 6.07) is 17.5. The quantitative estimate of drug-likeness (QED) is 0.433. The van der Waals surface area contributed by atoms with Gasteiger partial charge in [0.1, 0.15) is 11.7 Å². The van der Waals surface area contributed by atoms with Gasteiger partial charge in [0.25, 0.3) is 0 Å². The van der Waals surface area contributed by atoms with Gasteiger partial charge >= 0.3 is 6.03 Å². The highest BCUT2D eigenvalue weighted by Gasteiger charge is 2.30. The van der Waals surface area contributed by atoms with E-state index in [1.54, 1.807) is 4.90 Å². The largest absolute Gasteiger partial charge is 0.432 e. The predicted octanol–water partition coefficient (Wildman–Crippen LogP) is 4.15. The van der Waals surface area contributed by atoms with Crippen molar-refractivity contribution in [3.8, 4) is 22.7 Å². The maximum Gasteiger partial charge on any atom is 0.318 e. The van der Waals surface area contributed by atoms with Crippen LogP contribution in [0, 0.1) is 5.41 Å². The normalized spacial score (nSPS) is 14.6. The Hall–Kier alpha value is -3.98. The number of hydrogen-bond acceptors (Lipinski definition) is 6. The fourth-order valence-electron chi connectivity index (χ4n) is 4.20. The number of carbonyl (C=O) groups excluding carboxylic acids is 3. The number of oxazole rings is 1. The van der Waals surface area contributed by atoms with Crippen molar-refractivity contribution in [2.24, 2.45) is 5.41 Å². The van der Waals surface area contributed by atoms with Crippen LogP contribution in [0.15, 0.2) is 65.1 Å². The topological polar surface area (TPSA) is 114 Å². The smallest absolute Gasteiger partial charge is 0.318 e. The van der Waals surface area contributed by atoms with Gasteiger partial charge in [0, 0.05) is 24.2 Å². The molecule has 3 amide bonds. The molecule has 0 unspecified atom stereocenters. The number of Topliss-reactive ketones (excluding diaryl/α,β-unsaturated/α-hetero) is 1.